The zero-order valence-electron chi connectivity index (χ0n) is 10.9. The molecule has 18 heavy (non-hydrogen) atoms. The maximum absolute atomic E-state index is 5.91. The summed E-state index contributed by atoms with van der Waals surface area (Å²) in [5.41, 5.74) is 1.36. The molecule has 0 amide bonds. The molecule has 1 N–H and O–H groups in total. The standard InChI is InChI=1S/C14H21ClN2.ClH/c1-2-17(14-7-9-16-10-8-14)11-12-3-5-13(15)6-4-12;/h3-6,14,16H,2,7-11H2,1H3;1H. The predicted molar refractivity (Wildman–Crippen MR) is 80.7 cm³/mol. The maximum Gasteiger partial charge on any atom is 0.0406 e. The second-order valence-corrected chi connectivity index (χ2v) is 5.11. The van der Waals surface area contributed by atoms with Crippen molar-refractivity contribution < 1.29 is 0 Å². The van der Waals surface area contributed by atoms with E-state index in [0.717, 1.165) is 37.2 Å². The lowest BCUT2D eigenvalue weighted by atomic mass is 10.0. The number of rotatable bonds is 4. The maximum atomic E-state index is 5.91. The third kappa shape index (κ3) is 4.43. The fourth-order valence-corrected chi connectivity index (χ4v) is 2.62. The second-order valence-electron chi connectivity index (χ2n) is 4.67. The van der Waals surface area contributed by atoms with Gasteiger partial charge in [0.05, 0.1) is 0 Å². The molecule has 1 fully saturated rings. The first-order valence-corrected chi connectivity index (χ1v) is 6.86. The molecule has 1 aliphatic rings. The number of piperidine rings is 1. The van der Waals surface area contributed by atoms with Crippen molar-refractivity contribution >= 4 is 24.0 Å². The first kappa shape index (κ1) is 15.8. The van der Waals surface area contributed by atoms with Crippen LogP contribution in [0.4, 0.5) is 0 Å². The van der Waals surface area contributed by atoms with E-state index in [2.05, 4.69) is 29.3 Å². The quantitative estimate of drug-likeness (QED) is 0.914. The fraction of sp³-hybridized carbons (Fsp3) is 0.571. The lowest BCUT2D eigenvalue weighted by Crippen LogP contribution is -2.42. The van der Waals surface area contributed by atoms with E-state index in [1.165, 1.54) is 18.4 Å². The van der Waals surface area contributed by atoms with Crippen molar-refractivity contribution in [3.8, 4) is 0 Å². The topological polar surface area (TPSA) is 15.3 Å². The smallest absolute Gasteiger partial charge is 0.0406 e. The molecule has 2 rings (SSSR count). The highest BCUT2D eigenvalue weighted by atomic mass is 35.5. The molecular formula is C14H22Cl2N2. The predicted octanol–water partition coefficient (Wildman–Crippen LogP) is 3.34. The number of benzene rings is 1. The molecule has 102 valence electrons. The van der Waals surface area contributed by atoms with Crippen molar-refractivity contribution in [3.63, 3.8) is 0 Å². The third-order valence-corrected chi connectivity index (χ3v) is 3.78. The molecule has 0 bridgehead atoms. The Kier molecular flexibility index (Phi) is 7.02. The summed E-state index contributed by atoms with van der Waals surface area (Å²) in [7, 11) is 0. The van der Waals surface area contributed by atoms with Gasteiger partial charge in [0.15, 0.2) is 0 Å². The summed E-state index contributed by atoms with van der Waals surface area (Å²) in [6.45, 7) is 6.72. The van der Waals surface area contributed by atoms with Crippen molar-refractivity contribution in [3.05, 3.63) is 34.9 Å². The molecule has 1 aromatic rings. The molecule has 0 saturated carbocycles. The molecule has 1 heterocycles. The van der Waals surface area contributed by atoms with Crippen LogP contribution in [-0.4, -0.2) is 30.6 Å². The number of hydrogen-bond acceptors (Lipinski definition) is 2. The molecule has 0 aromatic heterocycles. The van der Waals surface area contributed by atoms with E-state index < -0.39 is 0 Å². The van der Waals surface area contributed by atoms with Gasteiger partial charge in [0, 0.05) is 17.6 Å². The van der Waals surface area contributed by atoms with E-state index in [9.17, 15) is 0 Å². The molecule has 1 aliphatic heterocycles. The van der Waals surface area contributed by atoms with Crippen LogP contribution in [0.2, 0.25) is 5.02 Å². The van der Waals surface area contributed by atoms with E-state index in [0.29, 0.717) is 0 Å². The number of nitrogens with one attached hydrogen (secondary N) is 1. The summed E-state index contributed by atoms with van der Waals surface area (Å²) in [4.78, 5) is 2.57. The molecule has 2 nitrogen and oxygen atoms in total. The van der Waals surface area contributed by atoms with Crippen molar-refractivity contribution in [2.75, 3.05) is 19.6 Å². The van der Waals surface area contributed by atoms with Gasteiger partial charge in [0.2, 0.25) is 0 Å². The minimum absolute atomic E-state index is 0. The summed E-state index contributed by atoms with van der Waals surface area (Å²) in [6, 6.07) is 8.95. The van der Waals surface area contributed by atoms with E-state index >= 15 is 0 Å². The van der Waals surface area contributed by atoms with Gasteiger partial charge < -0.3 is 5.32 Å². The lowest BCUT2D eigenvalue weighted by Gasteiger charge is -2.33. The molecular weight excluding hydrogens is 267 g/mol. The summed E-state index contributed by atoms with van der Waals surface area (Å²) >= 11 is 5.91. The average molecular weight is 289 g/mol. The molecule has 0 atom stereocenters. The Labute approximate surface area is 121 Å². The Hall–Kier alpha value is -0.280. The Morgan fingerprint density at radius 2 is 1.83 bits per heavy atom. The summed E-state index contributed by atoms with van der Waals surface area (Å²) in [6.07, 6.45) is 2.53. The highest BCUT2D eigenvalue weighted by Crippen LogP contribution is 2.16. The zero-order valence-corrected chi connectivity index (χ0v) is 12.4. The molecule has 0 unspecified atom stereocenters. The first-order valence-electron chi connectivity index (χ1n) is 6.49. The van der Waals surface area contributed by atoms with Crippen LogP contribution >= 0.6 is 24.0 Å². The summed E-state index contributed by atoms with van der Waals surface area (Å²) in [5.74, 6) is 0. The van der Waals surface area contributed by atoms with Crippen LogP contribution in [0.5, 0.6) is 0 Å². The Morgan fingerprint density at radius 3 is 2.39 bits per heavy atom. The van der Waals surface area contributed by atoms with Gasteiger partial charge in [0.25, 0.3) is 0 Å². The normalized spacial score (nSPS) is 16.6. The van der Waals surface area contributed by atoms with Gasteiger partial charge >= 0.3 is 0 Å². The summed E-state index contributed by atoms with van der Waals surface area (Å²) in [5, 5.41) is 4.24. The van der Waals surface area contributed by atoms with Gasteiger partial charge in [-0.1, -0.05) is 30.7 Å². The van der Waals surface area contributed by atoms with E-state index in [1.54, 1.807) is 0 Å². The van der Waals surface area contributed by atoms with E-state index in [-0.39, 0.29) is 12.4 Å². The fourth-order valence-electron chi connectivity index (χ4n) is 2.50. The molecule has 0 radical (unpaired) electrons. The minimum atomic E-state index is 0. The molecule has 4 heteroatoms. The van der Waals surface area contributed by atoms with Crippen LogP contribution in [0.1, 0.15) is 25.3 Å². The van der Waals surface area contributed by atoms with Gasteiger partial charge in [0.1, 0.15) is 0 Å². The summed E-state index contributed by atoms with van der Waals surface area (Å²) < 4.78 is 0. The molecule has 0 aliphatic carbocycles. The SMILES string of the molecule is CCN(Cc1ccc(Cl)cc1)C1CCNCC1.Cl. The van der Waals surface area contributed by atoms with Crippen LogP contribution in [0, 0.1) is 0 Å². The van der Waals surface area contributed by atoms with Gasteiger partial charge in [-0.15, -0.1) is 12.4 Å². The minimum Gasteiger partial charge on any atom is -0.317 e. The van der Waals surface area contributed by atoms with Crippen LogP contribution < -0.4 is 5.32 Å². The number of halogens is 2. The monoisotopic (exact) mass is 288 g/mol. The van der Waals surface area contributed by atoms with Gasteiger partial charge in [-0.2, -0.15) is 0 Å². The van der Waals surface area contributed by atoms with Crippen molar-refractivity contribution in [2.45, 2.75) is 32.4 Å². The van der Waals surface area contributed by atoms with Crippen LogP contribution in [-0.2, 0) is 6.54 Å². The third-order valence-electron chi connectivity index (χ3n) is 3.53. The van der Waals surface area contributed by atoms with E-state index in [4.69, 9.17) is 11.6 Å². The Bertz CT molecular complexity index is 334. The van der Waals surface area contributed by atoms with Crippen LogP contribution in [0.15, 0.2) is 24.3 Å². The van der Waals surface area contributed by atoms with Crippen LogP contribution in [0.25, 0.3) is 0 Å². The van der Waals surface area contributed by atoms with Crippen molar-refractivity contribution in [2.24, 2.45) is 0 Å². The molecule has 1 aromatic carbocycles. The van der Waals surface area contributed by atoms with E-state index in [1.807, 2.05) is 12.1 Å². The lowest BCUT2D eigenvalue weighted by molar-refractivity contribution is 0.162. The van der Waals surface area contributed by atoms with Gasteiger partial charge in [-0.05, 0) is 50.2 Å². The number of nitrogens with zero attached hydrogens (tertiary/aromatic N) is 1. The average Bonchev–Trinajstić information content (AvgIpc) is 2.39. The van der Waals surface area contributed by atoms with Crippen molar-refractivity contribution in [1.82, 2.24) is 10.2 Å². The Morgan fingerprint density at radius 1 is 1.22 bits per heavy atom. The van der Waals surface area contributed by atoms with Gasteiger partial charge in [-0.25, -0.2) is 0 Å². The molecule has 0 spiro atoms. The first-order chi connectivity index (χ1) is 8.29. The largest absolute Gasteiger partial charge is 0.317 e. The van der Waals surface area contributed by atoms with Crippen LogP contribution in [0.3, 0.4) is 0 Å². The van der Waals surface area contributed by atoms with Crippen molar-refractivity contribution in [1.29, 1.82) is 0 Å². The Balaban J connectivity index is 0.00000162. The second kappa shape index (κ2) is 8.00. The van der Waals surface area contributed by atoms with Gasteiger partial charge in [-0.3, -0.25) is 4.90 Å². The zero-order chi connectivity index (χ0) is 12.1. The molecule has 1 saturated heterocycles. The highest BCUT2D eigenvalue weighted by molar-refractivity contribution is 6.30. The number of hydrogen-bond donors (Lipinski definition) is 1. The highest BCUT2D eigenvalue weighted by Gasteiger charge is 2.19.